The SMILES string of the molecule is Cc1cc(O)cc(C(=O)NC(C)C(O)Cc2ccccc2)c1. The first-order valence-corrected chi connectivity index (χ1v) is 7.29. The second kappa shape index (κ2) is 7.09. The molecule has 2 rings (SSSR count). The summed E-state index contributed by atoms with van der Waals surface area (Å²) in [4.78, 5) is 12.2. The van der Waals surface area contributed by atoms with Crippen molar-refractivity contribution in [3.8, 4) is 5.75 Å². The highest BCUT2D eigenvalue weighted by Crippen LogP contribution is 2.15. The number of phenolic OH excluding ortho intramolecular Hbond substituents is 1. The summed E-state index contributed by atoms with van der Waals surface area (Å²) in [7, 11) is 0. The number of carbonyl (C=O) groups is 1. The van der Waals surface area contributed by atoms with E-state index in [4.69, 9.17) is 0 Å². The lowest BCUT2D eigenvalue weighted by Gasteiger charge is -2.20. The first kappa shape index (κ1) is 16.0. The van der Waals surface area contributed by atoms with Gasteiger partial charge < -0.3 is 15.5 Å². The Hall–Kier alpha value is -2.33. The van der Waals surface area contributed by atoms with Crippen LogP contribution in [0.3, 0.4) is 0 Å². The van der Waals surface area contributed by atoms with E-state index in [1.165, 1.54) is 6.07 Å². The highest BCUT2D eigenvalue weighted by molar-refractivity contribution is 5.95. The number of aromatic hydroxyl groups is 1. The van der Waals surface area contributed by atoms with Crippen molar-refractivity contribution in [1.29, 1.82) is 0 Å². The fraction of sp³-hybridized carbons (Fsp3) is 0.278. The van der Waals surface area contributed by atoms with E-state index in [0.717, 1.165) is 11.1 Å². The van der Waals surface area contributed by atoms with Crippen LogP contribution >= 0.6 is 0 Å². The van der Waals surface area contributed by atoms with Crippen LogP contribution in [0.1, 0.15) is 28.4 Å². The van der Waals surface area contributed by atoms with Gasteiger partial charge in [0.25, 0.3) is 5.91 Å². The lowest BCUT2D eigenvalue weighted by Crippen LogP contribution is -2.42. The van der Waals surface area contributed by atoms with Gasteiger partial charge in [0.15, 0.2) is 0 Å². The van der Waals surface area contributed by atoms with E-state index in [-0.39, 0.29) is 11.7 Å². The Kier molecular flexibility index (Phi) is 5.17. The molecule has 0 fully saturated rings. The van der Waals surface area contributed by atoms with Crippen LogP contribution in [0.15, 0.2) is 48.5 Å². The van der Waals surface area contributed by atoms with Crippen molar-refractivity contribution in [2.24, 2.45) is 0 Å². The molecule has 0 aliphatic rings. The molecule has 0 bridgehead atoms. The van der Waals surface area contributed by atoms with Gasteiger partial charge in [-0.25, -0.2) is 0 Å². The molecule has 0 aromatic heterocycles. The molecule has 4 heteroatoms. The summed E-state index contributed by atoms with van der Waals surface area (Å²) in [6.45, 7) is 3.57. The predicted octanol–water partition coefficient (Wildman–Crippen LogP) is 2.42. The van der Waals surface area contributed by atoms with Crippen molar-refractivity contribution in [1.82, 2.24) is 5.32 Å². The standard InChI is InChI=1S/C18H21NO3/c1-12-8-15(11-16(20)9-12)18(22)19-13(2)17(21)10-14-6-4-3-5-7-14/h3-9,11,13,17,20-21H,10H2,1-2H3,(H,19,22). The largest absolute Gasteiger partial charge is 0.508 e. The fourth-order valence-electron chi connectivity index (χ4n) is 2.31. The minimum atomic E-state index is -0.676. The maximum absolute atomic E-state index is 12.2. The average Bonchev–Trinajstić information content (AvgIpc) is 2.47. The van der Waals surface area contributed by atoms with Crippen molar-refractivity contribution in [2.45, 2.75) is 32.4 Å². The minimum Gasteiger partial charge on any atom is -0.508 e. The number of hydrogen-bond acceptors (Lipinski definition) is 3. The van der Waals surface area contributed by atoms with Crippen molar-refractivity contribution in [2.75, 3.05) is 0 Å². The van der Waals surface area contributed by atoms with E-state index in [0.29, 0.717) is 12.0 Å². The molecule has 2 atom stereocenters. The van der Waals surface area contributed by atoms with Crippen molar-refractivity contribution in [3.63, 3.8) is 0 Å². The summed E-state index contributed by atoms with van der Waals surface area (Å²) in [5.74, 6) is -0.249. The minimum absolute atomic E-state index is 0.0580. The number of hydrogen-bond donors (Lipinski definition) is 3. The molecule has 2 aromatic rings. The summed E-state index contributed by atoms with van der Waals surface area (Å²) in [5.41, 5.74) is 2.21. The molecule has 0 spiro atoms. The van der Waals surface area contributed by atoms with Gasteiger partial charge in [-0.1, -0.05) is 30.3 Å². The smallest absolute Gasteiger partial charge is 0.251 e. The van der Waals surface area contributed by atoms with Gasteiger partial charge in [-0.15, -0.1) is 0 Å². The fourth-order valence-corrected chi connectivity index (χ4v) is 2.31. The second-order valence-electron chi connectivity index (χ2n) is 5.58. The van der Waals surface area contributed by atoms with Gasteiger partial charge in [0.05, 0.1) is 12.1 Å². The van der Waals surface area contributed by atoms with Crippen molar-refractivity contribution < 1.29 is 15.0 Å². The predicted molar refractivity (Wildman–Crippen MR) is 85.9 cm³/mol. The average molecular weight is 299 g/mol. The Morgan fingerprint density at radius 2 is 1.86 bits per heavy atom. The van der Waals surface area contributed by atoms with Gasteiger partial charge in [-0.05, 0) is 43.2 Å². The second-order valence-corrected chi connectivity index (χ2v) is 5.58. The lowest BCUT2D eigenvalue weighted by atomic mass is 10.0. The van der Waals surface area contributed by atoms with Crippen LogP contribution in [-0.2, 0) is 6.42 Å². The molecule has 0 aliphatic heterocycles. The topological polar surface area (TPSA) is 69.6 Å². The zero-order chi connectivity index (χ0) is 16.1. The van der Waals surface area contributed by atoms with Gasteiger partial charge in [-0.3, -0.25) is 4.79 Å². The van der Waals surface area contributed by atoms with E-state index in [9.17, 15) is 15.0 Å². The molecule has 0 aliphatic carbocycles. The third kappa shape index (κ3) is 4.33. The van der Waals surface area contributed by atoms with Gasteiger partial charge >= 0.3 is 0 Å². The number of carbonyl (C=O) groups excluding carboxylic acids is 1. The summed E-state index contributed by atoms with van der Waals surface area (Å²) >= 11 is 0. The number of amides is 1. The van der Waals surface area contributed by atoms with Crippen LogP contribution < -0.4 is 5.32 Å². The molecule has 0 saturated carbocycles. The van der Waals surface area contributed by atoms with E-state index < -0.39 is 12.1 Å². The summed E-state index contributed by atoms with van der Waals surface area (Å²) in [5, 5.41) is 22.5. The monoisotopic (exact) mass is 299 g/mol. The lowest BCUT2D eigenvalue weighted by molar-refractivity contribution is 0.0851. The van der Waals surface area contributed by atoms with E-state index in [1.54, 1.807) is 19.1 Å². The summed E-state index contributed by atoms with van der Waals surface area (Å²) in [6, 6.07) is 13.9. The number of phenols is 1. The maximum atomic E-state index is 12.2. The Morgan fingerprint density at radius 1 is 1.18 bits per heavy atom. The Labute approximate surface area is 130 Å². The van der Waals surface area contributed by atoms with Crippen LogP contribution in [0.2, 0.25) is 0 Å². The van der Waals surface area contributed by atoms with Gasteiger partial charge in [-0.2, -0.15) is 0 Å². The van der Waals surface area contributed by atoms with Crippen LogP contribution in [-0.4, -0.2) is 28.3 Å². The molecule has 2 aromatic carbocycles. The molecular formula is C18H21NO3. The number of rotatable bonds is 5. The van der Waals surface area contributed by atoms with Crippen LogP contribution in [0, 0.1) is 6.92 Å². The zero-order valence-electron chi connectivity index (χ0n) is 12.8. The third-order valence-electron chi connectivity index (χ3n) is 3.55. The molecular weight excluding hydrogens is 278 g/mol. The Bertz CT molecular complexity index is 620. The van der Waals surface area contributed by atoms with E-state index >= 15 is 0 Å². The van der Waals surface area contributed by atoms with Gasteiger partial charge in [0.2, 0.25) is 0 Å². The zero-order valence-corrected chi connectivity index (χ0v) is 12.8. The van der Waals surface area contributed by atoms with Gasteiger partial charge in [0, 0.05) is 12.0 Å². The van der Waals surface area contributed by atoms with Gasteiger partial charge in [0.1, 0.15) is 5.75 Å². The molecule has 0 radical (unpaired) electrons. The summed E-state index contributed by atoms with van der Waals surface area (Å²) < 4.78 is 0. The van der Waals surface area contributed by atoms with Crippen LogP contribution in [0.5, 0.6) is 5.75 Å². The normalized spacial score (nSPS) is 13.4. The first-order chi connectivity index (χ1) is 10.5. The van der Waals surface area contributed by atoms with E-state index in [1.807, 2.05) is 37.3 Å². The Morgan fingerprint density at radius 3 is 2.50 bits per heavy atom. The molecule has 4 nitrogen and oxygen atoms in total. The van der Waals surface area contributed by atoms with Crippen LogP contribution in [0.25, 0.3) is 0 Å². The van der Waals surface area contributed by atoms with Crippen molar-refractivity contribution in [3.05, 3.63) is 65.2 Å². The molecule has 0 heterocycles. The number of aliphatic hydroxyl groups is 1. The Balaban J connectivity index is 1.98. The highest BCUT2D eigenvalue weighted by atomic mass is 16.3. The number of benzene rings is 2. The van der Waals surface area contributed by atoms with Crippen LogP contribution in [0.4, 0.5) is 0 Å². The quantitative estimate of drug-likeness (QED) is 0.794. The number of aliphatic hydroxyl groups excluding tert-OH is 1. The third-order valence-corrected chi connectivity index (χ3v) is 3.55. The first-order valence-electron chi connectivity index (χ1n) is 7.29. The number of nitrogens with one attached hydrogen (secondary N) is 1. The molecule has 2 unspecified atom stereocenters. The highest BCUT2D eigenvalue weighted by Gasteiger charge is 2.18. The molecule has 3 N–H and O–H groups in total. The van der Waals surface area contributed by atoms with E-state index in [2.05, 4.69) is 5.32 Å². The number of aryl methyl sites for hydroxylation is 1. The maximum Gasteiger partial charge on any atom is 0.251 e. The molecule has 22 heavy (non-hydrogen) atoms. The van der Waals surface area contributed by atoms with Crippen molar-refractivity contribution >= 4 is 5.91 Å². The molecule has 0 saturated heterocycles. The molecule has 1 amide bonds. The molecule has 116 valence electrons. The summed E-state index contributed by atoms with van der Waals surface area (Å²) in [6.07, 6.45) is -0.203.